The summed E-state index contributed by atoms with van der Waals surface area (Å²) in [5.74, 6) is 1.84. The smallest absolute Gasteiger partial charge is 0.233 e. The van der Waals surface area contributed by atoms with E-state index in [0.717, 1.165) is 35.5 Å². The maximum absolute atomic E-state index is 13.4. The zero-order valence-electron chi connectivity index (χ0n) is 20.5. The first-order valence-electron chi connectivity index (χ1n) is 12.8. The Hall–Kier alpha value is -3.38. The number of nitrogens with zero attached hydrogens (tertiary/aromatic N) is 4. The minimum atomic E-state index is 0.0861. The summed E-state index contributed by atoms with van der Waals surface area (Å²) < 4.78 is 1.99. The van der Waals surface area contributed by atoms with Crippen molar-refractivity contribution < 1.29 is 4.79 Å². The molecule has 0 unspecified atom stereocenters. The standard InChI is InChI=1S/C30H32N4OS/c35-28(33(21-24-13-5-1-6-14-24)22-25-15-7-2-8-16-25)23-36-30-31-29(26-17-9-3-10-18-26)34(32-30)27-19-11-4-12-20-27/h1-2,4-8,11-16,19-20,26H,3,9-10,17-18,21-23H2. The number of hydrogen-bond donors (Lipinski definition) is 0. The SMILES string of the molecule is O=C(CSc1nc(C2CCCCC2)n(-c2ccccc2)n1)N(Cc1ccccc1)Cc1ccccc1. The third kappa shape index (κ3) is 6.24. The molecule has 5 nitrogen and oxygen atoms in total. The van der Waals surface area contributed by atoms with Gasteiger partial charge in [-0.15, -0.1) is 5.10 Å². The summed E-state index contributed by atoms with van der Waals surface area (Å²) in [6, 6.07) is 30.6. The molecule has 4 aromatic rings. The highest BCUT2D eigenvalue weighted by Gasteiger charge is 2.24. The summed E-state index contributed by atoms with van der Waals surface area (Å²) in [5, 5.41) is 5.53. The molecule has 0 saturated heterocycles. The van der Waals surface area contributed by atoms with Crippen molar-refractivity contribution >= 4 is 17.7 Å². The van der Waals surface area contributed by atoms with Crippen LogP contribution in [0, 0.1) is 0 Å². The zero-order valence-corrected chi connectivity index (χ0v) is 21.3. The van der Waals surface area contributed by atoms with E-state index in [0.29, 0.717) is 29.9 Å². The fraction of sp³-hybridized carbons (Fsp3) is 0.300. The van der Waals surface area contributed by atoms with Crippen molar-refractivity contribution in [2.45, 2.75) is 56.3 Å². The molecule has 5 rings (SSSR count). The average molecular weight is 497 g/mol. The van der Waals surface area contributed by atoms with E-state index < -0.39 is 0 Å². The third-order valence-corrected chi connectivity index (χ3v) is 7.52. The second kappa shape index (κ2) is 12.0. The maximum atomic E-state index is 13.4. The molecule has 6 heteroatoms. The van der Waals surface area contributed by atoms with Crippen molar-refractivity contribution in [1.82, 2.24) is 19.7 Å². The number of carbonyl (C=O) groups is 1. The van der Waals surface area contributed by atoms with E-state index in [1.54, 1.807) is 0 Å². The second-order valence-electron chi connectivity index (χ2n) is 9.34. The van der Waals surface area contributed by atoms with Crippen LogP contribution in [0.4, 0.5) is 0 Å². The van der Waals surface area contributed by atoms with Crippen molar-refractivity contribution in [3.8, 4) is 5.69 Å². The Kier molecular flexibility index (Phi) is 8.13. The number of rotatable bonds is 9. The molecule has 1 aliphatic rings. The molecule has 1 amide bonds. The third-order valence-electron chi connectivity index (χ3n) is 6.69. The molecule has 3 aromatic carbocycles. The van der Waals surface area contributed by atoms with E-state index in [1.807, 2.05) is 64.2 Å². The van der Waals surface area contributed by atoms with Crippen LogP contribution in [0.3, 0.4) is 0 Å². The lowest BCUT2D eigenvalue weighted by molar-refractivity contribution is -0.129. The second-order valence-corrected chi connectivity index (χ2v) is 10.3. The van der Waals surface area contributed by atoms with Crippen LogP contribution in [0.5, 0.6) is 0 Å². The van der Waals surface area contributed by atoms with Gasteiger partial charge in [-0.3, -0.25) is 4.79 Å². The summed E-state index contributed by atoms with van der Waals surface area (Å²) >= 11 is 1.44. The van der Waals surface area contributed by atoms with Crippen molar-refractivity contribution in [2.75, 3.05) is 5.75 Å². The molecule has 0 bridgehead atoms. The summed E-state index contributed by atoms with van der Waals surface area (Å²) in [7, 11) is 0. The molecule has 1 heterocycles. The molecule has 1 aliphatic carbocycles. The Labute approximate surface area is 217 Å². The highest BCUT2D eigenvalue weighted by Crippen LogP contribution is 2.33. The van der Waals surface area contributed by atoms with Gasteiger partial charge < -0.3 is 4.90 Å². The molecule has 0 aliphatic heterocycles. The quantitative estimate of drug-likeness (QED) is 0.244. The number of para-hydroxylation sites is 1. The van der Waals surface area contributed by atoms with Gasteiger partial charge in [0.05, 0.1) is 11.4 Å². The molecule has 1 aromatic heterocycles. The highest BCUT2D eigenvalue weighted by molar-refractivity contribution is 7.99. The highest BCUT2D eigenvalue weighted by atomic mass is 32.2. The van der Waals surface area contributed by atoms with Crippen molar-refractivity contribution in [2.24, 2.45) is 0 Å². The summed E-state index contributed by atoms with van der Waals surface area (Å²) in [4.78, 5) is 20.3. The van der Waals surface area contributed by atoms with E-state index in [2.05, 4.69) is 36.4 Å². The van der Waals surface area contributed by atoms with Gasteiger partial charge in [0, 0.05) is 19.0 Å². The Morgan fingerprint density at radius 1 is 0.806 bits per heavy atom. The molecule has 0 radical (unpaired) electrons. The van der Waals surface area contributed by atoms with Gasteiger partial charge in [-0.1, -0.05) is 110 Å². The number of hydrogen-bond acceptors (Lipinski definition) is 4. The number of amides is 1. The molecule has 0 spiro atoms. The van der Waals surface area contributed by atoms with E-state index in [-0.39, 0.29) is 5.91 Å². The first-order chi connectivity index (χ1) is 17.8. The minimum Gasteiger partial charge on any atom is -0.333 e. The largest absolute Gasteiger partial charge is 0.333 e. The van der Waals surface area contributed by atoms with E-state index >= 15 is 0 Å². The van der Waals surface area contributed by atoms with Crippen LogP contribution >= 0.6 is 11.8 Å². The lowest BCUT2D eigenvalue weighted by Crippen LogP contribution is -2.31. The van der Waals surface area contributed by atoms with E-state index in [4.69, 9.17) is 10.1 Å². The number of thioether (sulfide) groups is 1. The summed E-state index contributed by atoms with van der Waals surface area (Å²) in [6.45, 7) is 1.16. The van der Waals surface area contributed by atoms with Crippen molar-refractivity contribution in [3.05, 3.63) is 108 Å². The Morgan fingerprint density at radius 2 is 1.36 bits per heavy atom. The molecule has 0 atom stereocenters. The van der Waals surface area contributed by atoms with Gasteiger partial charge >= 0.3 is 0 Å². The topological polar surface area (TPSA) is 51.0 Å². The Morgan fingerprint density at radius 3 is 1.94 bits per heavy atom. The van der Waals surface area contributed by atoms with Gasteiger partial charge in [0.2, 0.25) is 11.1 Å². The average Bonchev–Trinajstić information content (AvgIpc) is 3.38. The minimum absolute atomic E-state index is 0.0861. The number of carbonyl (C=O) groups excluding carboxylic acids is 1. The molecular formula is C30H32N4OS. The van der Waals surface area contributed by atoms with Gasteiger partial charge in [0.1, 0.15) is 5.82 Å². The van der Waals surface area contributed by atoms with Gasteiger partial charge in [-0.05, 0) is 36.1 Å². The fourth-order valence-electron chi connectivity index (χ4n) is 4.81. The van der Waals surface area contributed by atoms with Crippen LogP contribution < -0.4 is 0 Å². The predicted molar refractivity (Wildman–Crippen MR) is 145 cm³/mol. The molecular weight excluding hydrogens is 464 g/mol. The van der Waals surface area contributed by atoms with Crippen molar-refractivity contribution in [1.29, 1.82) is 0 Å². The predicted octanol–water partition coefficient (Wildman–Crippen LogP) is 6.64. The van der Waals surface area contributed by atoms with Crippen LogP contribution in [0.25, 0.3) is 5.69 Å². The van der Waals surface area contributed by atoms with Gasteiger partial charge in [0.25, 0.3) is 0 Å². The first-order valence-corrected chi connectivity index (χ1v) is 13.8. The van der Waals surface area contributed by atoms with Crippen LogP contribution in [0.15, 0.2) is 96.2 Å². The Bertz CT molecular complexity index is 1200. The maximum Gasteiger partial charge on any atom is 0.233 e. The van der Waals surface area contributed by atoms with E-state index in [9.17, 15) is 4.79 Å². The van der Waals surface area contributed by atoms with Gasteiger partial charge in [-0.25, -0.2) is 9.67 Å². The van der Waals surface area contributed by atoms with Gasteiger partial charge in [-0.2, -0.15) is 0 Å². The summed E-state index contributed by atoms with van der Waals surface area (Å²) in [6.07, 6.45) is 6.07. The molecule has 36 heavy (non-hydrogen) atoms. The summed E-state index contributed by atoms with van der Waals surface area (Å²) in [5.41, 5.74) is 3.27. The lowest BCUT2D eigenvalue weighted by atomic mass is 9.88. The number of benzene rings is 3. The molecule has 1 fully saturated rings. The van der Waals surface area contributed by atoms with E-state index in [1.165, 1.54) is 31.0 Å². The van der Waals surface area contributed by atoms with Gasteiger partial charge in [0.15, 0.2) is 0 Å². The van der Waals surface area contributed by atoms with Crippen molar-refractivity contribution in [3.63, 3.8) is 0 Å². The molecule has 0 N–H and O–H groups in total. The fourth-order valence-corrected chi connectivity index (χ4v) is 5.54. The normalized spacial score (nSPS) is 14.0. The van der Waals surface area contributed by atoms with Crippen LogP contribution in [0.2, 0.25) is 0 Å². The van der Waals surface area contributed by atoms with Crippen LogP contribution in [-0.2, 0) is 17.9 Å². The number of aromatic nitrogens is 3. The molecule has 184 valence electrons. The van der Waals surface area contributed by atoms with Crippen LogP contribution in [-0.4, -0.2) is 31.3 Å². The Balaban J connectivity index is 1.33. The lowest BCUT2D eigenvalue weighted by Gasteiger charge is -2.23. The first kappa shape index (κ1) is 24.3. The monoisotopic (exact) mass is 496 g/mol. The zero-order chi connectivity index (χ0) is 24.6. The molecule has 1 saturated carbocycles. The van der Waals surface area contributed by atoms with Crippen LogP contribution in [0.1, 0.15) is 55.0 Å².